The van der Waals surface area contributed by atoms with Crippen molar-refractivity contribution >= 4 is 25.9 Å². The number of aromatic nitrogens is 3. The summed E-state index contributed by atoms with van der Waals surface area (Å²) in [6.45, 7) is 12.9. The van der Waals surface area contributed by atoms with Gasteiger partial charge in [0.15, 0.2) is 8.32 Å². The number of rotatable bonds is 10. The van der Waals surface area contributed by atoms with Crippen molar-refractivity contribution in [1.29, 1.82) is 0 Å². The van der Waals surface area contributed by atoms with Gasteiger partial charge in [-0.3, -0.25) is 4.79 Å². The standard InChI is InChI=1S/C30H40ClFN4O3Si/c1-30(2,3)40(4,5)39-24(18-21-6-7-25(31)26(32)19-21)10-15-36-14-9-22(20-28(36)37)27-8-13-33-29(35-27)34-23-11-16-38-17-12-23/h6-9,13-14,19-20,23-24H,10-12,15-18H2,1-5H3,(H,33,34,35)/t24-/m0/s1. The molecule has 1 aromatic carbocycles. The van der Waals surface area contributed by atoms with Gasteiger partial charge in [0.25, 0.3) is 5.56 Å². The molecule has 1 aliphatic rings. The number of ether oxygens (including phenoxy) is 1. The third kappa shape index (κ3) is 8.00. The largest absolute Gasteiger partial charge is 0.414 e. The summed E-state index contributed by atoms with van der Waals surface area (Å²) in [5.41, 5.74) is 2.14. The van der Waals surface area contributed by atoms with Crippen LogP contribution in [0.2, 0.25) is 23.2 Å². The maximum atomic E-state index is 14.2. The lowest BCUT2D eigenvalue weighted by molar-refractivity contribution is 0.0903. The van der Waals surface area contributed by atoms with Crippen molar-refractivity contribution in [1.82, 2.24) is 14.5 Å². The van der Waals surface area contributed by atoms with Gasteiger partial charge >= 0.3 is 0 Å². The number of anilines is 1. The highest BCUT2D eigenvalue weighted by molar-refractivity contribution is 6.74. The van der Waals surface area contributed by atoms with Crippen LogP contribution < -0.4 is 10.9 Å². The van der Waals surface area contributed by atoms with Gasteiger partial charge in [0.05, 0.1) is 16.8 Å². The van der Waals surface area contributed by atoms with Crippen LogP contribution in [0.25, 0.3) is 11.3 Å². The van der Waals surface area contributed by atoms with Crippen molar-refractivity contribution in [2.24, 2.45) is 0 Å². The molecule has 0 unspecified atom stereocenters. The predicted octanol–water partition coefficient (Wildman–Crippen LogP) is 6.71. The van der Waals surface area contributed by atoms with Gasteiger partial charge in [0.1, 0.15) is 5.82 Å². The van der Waals surface area contributed by atoms with Crippen molar-refractivity contribution in [2.75, 3.05) is 18.5 Å². The Balaban J connectivity index is 1.47. The van der Waals surface area contributed by atoms with Gasteiger partial charge in [-0.05, 0) is 73.6 Å². The molecule has 1 atom stereocenters. The molecule has 1 aliphatic heterocycles. The van der Waals surface area contributed by atoms with E-state index >= 15 is 0 Å². The number of hydrogen-bond acceptors (Lipinski definition) is 6. The molecule has 216 valence electrons. The summed E-state index contributed by atoms with van der Waals surface area (Å²) in [4.78, 5) is 22.1. The fraction of sp³-hybridized carbons (Fsp3) is 0.500. The van der Waals surface area contributed by atoms with Crippen LogP contribution >= 0.6 is 11.6 Å². The zero-order valence-corrected chi connectivity index (χ0v) is 25.8. The van der Waals surface area contributed by atoms with E-state index in [0.717, 1.165) is 37.2 Å². The van der Waals surface area contributed by atoms with Crippen LogP contribution in [0.1, 0.15) is 45.6 Å². The molecule has 2 aromatic heterocycles. The fourth-order valence-electron chi connectivity index (χ4n) is 4.47. The molecule has 4 rings (SSSR count). The van der Waals surface area contributed by atoms with Gasteiger partial charge in [0, 0.05) is 49.8 Å². The van der Waals surface area contributed by atoms with Gasteiger partial charge in [0.2, 0.25) is 5.95 Å². The Morgan fingerprint density at radius 2 is 1.95 bits per heavy atom. The molecular weight excluding hydrogens is 547 g/mol. The van der Waals surface area contributed by atoms with E-state index in [1.165, 1.54) is 6.07 Å². The maximum Gasteiger partial charge on any atom is 0.251 e. The van der Waals surface area contributed by atoms with E-state index in [0.29, 0.717) is 31.0 Å². The molecule has 1 fully saturated rings. The van der Waals surface area contributed by atoms with Crippen LogP contribution in [-0.2, 0) is 22.1 Å². The first-order chi connectivity index (χ1) is 18.9. The monoisotopic (exact) mass is 586 g/mol. The molecule has 40 heavy (non-hydrogen) atoms. The van der Waals surface area contributed by atoms with Gasteiger partial charge in [-0.1, -0.05) is 38.4 Å². The molecule has 10 heteroatoms. The third-order valence-electron chi connectivity index (χ3n) is 7.91. The maximum absolute atomic E-state index is 14.2. The van der Waals surface area contributed by atoms with Crippen LogP contribution in [-0.4, -0.2) is 48.2 Å². The summed E-state index contributed by atoms with van der Waals surface area (Å²) >= 11 is 5.90. The molecule has 1 N–H and O–H groups in total. The van der Waals surface area contributed by atoms with Gasteiger partial charge in [-0.2, -0.15) is 0 Å². The van der Waals surface area contributed by atoms with E-state index in [4.69, 9.17) is 20.8 Å². The van der Waals surface area contributed by atoms with Crippen molar-refractivity contribution < 1.29 is 13.6 Å². The lowest BCUT2D eigenvalue weighted by Gasteiger charge is -2.39. The van der Waals surface area contributed by atoms with Crippen molar-refractivity contribution in [2.45, 2.75) is 83.3 Å². The van der Waals surface area contributed by atoms with E-state index in [2.05, 4.69) is 49.1 Å². The normalized spacial score (nSPS) is 15.7. The Hall–Kier alpha value is -2.59. The van der Waals surface area contributed by atoms with Crippen molar-refractivity contribution in [3.63, 3.8) is 0 Å². The summed E-state index contributed by atoms with van der Waals surface area (Å²) in [5, 5.41) is 3.50. The van der Waals surface area contributed by atoms with Gasteiger partial charge in [-0.15, -0.1) is 0 Å². The molecule has 3 aromatic rings. The number of aryl methyl sites for hydroxylation is 1. The Bertz CT molecular complexity index is 1360. The van der Waals surface area contributed by atoms with Crippen LogP contribution in [0.5, 0.6) is 0 Å². The second kappa shape index (κ2) is 12.9. The Labute approximate surface area is 242 Å². The zero-order chi connectivity index (χ0) is 28.9. The highest BCUT2D eigenvalue weighted by atomic mass is 35.5. The number of benzene rings is 1. The Morgan fingerprint density at radius 1 is 1.20 bits per heavy atom. The highest BCUT2D eigenvalue weighted by Crippen LogP contribution is 2.38. The Kier molecular flexibility index (Phi) is 9.82. The quantitative estimate of drug-likeness (QED) is 0.266. The third-order valence-corrected chi connectivity index (χ3v) is 12.8. The lowest BCUT2D eigenvalue weighted by Crippen LogP contribution is -2.44. The summed E-state index contributed by atoms with van der Waals surface area (Å²) in [5.74, 6) is 0.116. The average molecular weight is 587 g/mol. The lowest BCUT2D eigenvalue weighted by atomic mass is 10.1. The molecule has 0 spiro atoms. The average Bonchev–Trinajstić information content (AvgIpc) is 2.90. The first-order valence-electron chi connectivity index (χ1n) is 13.9. The molecule has 0 radical (unpaired) electrons. The SMILES string of the molecule is CC(C)(C)[Si](C)(C)O[C@@H](CCn1ccc(-c2ccnc(NC3CCOCC3)n2)cc1=O)Cc1ccc(Cl)c(F)c1. The van der Waals surface area contributed by atoms with Crippen molar-refractivity contribution in [3.8, 4) is 11.3 Å². The zero-order valence-electron chi connectivity index (χ0n) is 24.0. The summed E-state index contributed by atoms with van der Waals surface area (Å²) in [6.07, 6.45) is 6.32. The second-order valence-corrected chi connectivity index (χ2v) is 17.1. The van der Waals surface area contributed by atoms with Crippen LogP contribution in [0, 0.1) is 5.82 Å². The minimum Gasteiger partial charge on any atom is -0.414 e. The van der Waals surface area contributed by atoms with Crippen LogP contribution in [0.15, 0.2) is 53.6 Å². The summed E-state index contributed by atoms with van der Waals surface area (Å²) in [6, 6.07) is 10.5. The van der Waals surface area contributed by atoms with Gasteiger partial charge in [-0.25, -0.2) is 14.4 Å². The smallest absolute Gasteiger partial charge is 0.251 e. The van der Waals surface area contributed by atoms with Crippen LogP contribution in [0.3, 0.4) is 0 Å². The molecule has 0 amide bonds. The molecule has 7 nitrogen and oxygen atoms in total. The molecule has 3 heterocycles. The molecular formula is C30H40ClFN4O3Si. The van der Waals surface area contributed by atoms with E-state index in [-0.39, 0.29) is 27.8 Å². The summed E-state index contributed by atoms with van der Waals surface area (Å²) in [7, 11) is -2.11. The topological polar surface area (TPSA) is 78.3 Å². The molecule has 0 bridgehead atoms. The fourth-order valence-corrected chi connectivity index (χ4v) is 5.98. The molecule has 1 saturated heterocycles. The van der Waals surface area contributed by atoms with Crippen molar-refractivity contribution in [3.05, 3.63) is 75.5 Å². The molecule has 0 aliphatic carbocycles. The molecule has 0 saturated carbocycles. The van der Waals surface area contributed by atoms with E-state index in [1.54, 1.807) is 29.1 Å². The first-order valence-corrected chi connectivity index (χ1v) is 17.2. The van der Waals surface area contributed by atoms with E-state index in [1.807, 2.05) is 18.2 Å². The minimum atomic E-state index is -2.11. The number of nitrogens with one attached hydrogen (secondary N) is 1. The van der Waals surface area contributed by atoms with Crippen LogP contribution in [0.4, 0.5) is 10.3 Å². The van der Waals surface area contributed by atoms with Gasteiger partial charge < -0.3 is 19.0 Å². The number of pyridine rings is 1. The second-order valence-electron chi connectivity index (χ2n) is 12.0. The predicted molar refractivity (Wildman–Crippen MR) is 161 cm³/mol. The van der Waals surface area contributed by atoms with E-state index < -0.39 is 14.1 Å². The first kappa shape index (κ1) is 30.4. The van der Waals surface area contributed by atoms with E-state index in [9.17, 15) is 9.18 Å². The number of nitrogens with zero attached hydrogens (tertiary/aromatic N) is 3. The Morgan fingerprint density at radius 3 is 2.62 bits per heavy atom. The summed E-state index contributed by atoms with van der Waals surface area (Å²) < 4.78 is 28.0. The minimum absolute atomic E-state index is 0.0188. The number of hydrogen-bond donors (Lipinski definition) is 1. The highest BCUT2D eigenvalue weighted by Gasteiger charge is 2.39. The number of halogens is 2.